The molecule has 1 saturated carbocycles. The Morgan fingerprint density at radius 2 is 2.00 bits per heavy atom. The highest BCUT2D eigenvalue weighted by molar-refractivity contribution is 5.97. The molecule has 0 radical (unpaired) electrons. The number of hydrogen-bond donors (Lipinski definition) is 0. The van der Waals surface area contributed by atoms with Gasteiger partial charge in [-0.05, 0) is 12.3 Å². The Bertz CT molecular complexity index is 311. The first-order valence-corrected chi connectivity index (χ1v) is 5.36. The van der Waals surface area contributed by atoms with Crippen molar-refractivity contribution in [2.75, 3.05) is 0 Å². The Kier molecular flexibility index (Phi) is 2.67. The highest BCUT2D eigenvalue weighted by Crippen LogP contribution is 2.35. The molecule has 14 heavy (non-hydrogen) atoms. The lowest BCUT2D eigenvalue weighted by Crippen LogP contribution is -2.11. The van der Waals surface area contributed by atoms with E-state index in [-0.39, 0.29) is 5.92 Å². The Morgan fingerprint density at radius 1 is 1.36 bits per heavy atom. The molecule has 0 N–H and O–H groups in total. The Labute approximate surface area is 85.1 Å². The van der Waals surface area contributed by atoms with E-state index in [1.165, 1.54) is 12.8 Å². The van der Waals surface area contributed by atoms with Crippen molar-refractivity contribution in [2.24, 2.45) is 11.8 Å². The van der Waals surface area contributed by atoms with Crippen LogP contribution in [0.1, 0.15) is 36.5 Å². The van der Waals surface area contributed by atoms with E-state index >= 15 is 0 Å². The van der Waals surface area contributed by atoms with E-state index in [0.29, 0.717) is 5.78 Å². The van der Waals surface area contributed by atoms with Crippen molar-refractivity contribution in [1.29, 1.82) is 0 Å². The molecule has 2 rings (SSSR count). The van der Waals surface area contributed by atoms with Gasteiger partial charge in [0.25, 0.3) is 0 Å². The van der Waals surface area contributed by atoms with E-state index < -0.39 is 0 Å². The predicted molar refractivity (Wildman–Crippen MR) is 57.3 cm³/mol. The molecule has 1 fully saturated rings. The zero-order valence-corrected chi connectivity index (χ0v) is 8.57. The molecule has 1 atom stereocenters. The quantitative estimate of drug-likeness (QED) is 0.662. The average molecular weight is 188 g/mol. The lowest BCUT2D eigenvalue weighted by molar-refractivity contribution is 0.0920. The van der Waals surface area contributed by atoms with Crippen LogP contribution < -0.4 is 0 Å². The first-order chi connectivity index (χ1) is 6.77. The van der Waals surface area contributed by atoms with Crippen LogP contribution in [0.5, 0.6) is 0 Å². The summed E-state index contributed by atoms with van der Waals surface area (Å²) in [5.41, 5.74) is 0.862. The molecular formula is C13H16O. The molecule has 0 bridgehead atoms. The number of rotatable bonds is 4. The number of ketones is 1. The number of benzene rings is 1. The normalized spacial score (nSPS) is 17.8. The molecule has 1 heteroatoms. The Morgan fingerprint density at radius 3 is 2.57 bits per heavy atom. The van der Waals surface area contributed by atoms with Gasteiger partial charge in [-0.2, -0.15) is 0 Å². The lowest BCUT2D eigenvalue weighted by atomic mass is 9.94. The van der Waals surface area contributed by atoms with Crippen LogP contribution in [0.25, 0.3) is 0 Å². The largest absolute Gasteiger partial charge is 0.294 e. The summed E-state index contributed by atoms with van der Waals surface area (Å²) >= 11 is 0. The number of carbonyl (C=O) groups excluding carboxylic acids is 1. The van der Waals surface area contributed by atoms with Gasteiger partial charge in [-0.3, -0.25) is 4.79 Å². The minimum Gasteiger partial charge on any atom is -0.294 e. The van der Waals surface area contributed by atoms with Gasteiger partial charge in [-0.25, -0.2) is 0 Å². The minimum absolute atomic E-state index is 0.199. The Hall–Kier alpha value is -1.11. The molecule has 0 spiro atoms. The third-order valence-electron chi connectivity index (χ3n) is 2.89. The van der Waals surface area contributed by atoms with E-state index in [1.807, 2.05) is 37.3 Å². The van der Waals surface area contributed by atoms with Crippen molar-refractivity contribution in [3.05, 3.63) is 35.9 Å². The van der Waals surface area contributed by atoms with Crippen LogP contribution >= 0.6 is 0 Å². The first kappa shape index (κ1) is 9.45. The summed E-state index contributed by atoms with van der Waals surface area (Å²) in [6, 6.07) is 9.62. The smallest absolute Gasteiger partial charge is 0.165 e. The van der Waals surface area contributed by atoms with Crippen molar-refractivity contribution >= 4 is 5.78 Å². The van der Waals surface area contributed by atoms with Crippen molar-refractivity contribution < 1.29 is 4.79 Å². The summed E-state index contributed by atoms with van der Waals surface area (Å²) in [4.78, 5) is 11.9. The number of carbonyl (C=O) groups is 1. The monoisotopic (exact) mass is 188 g/mol. The maximum Gasteiger partial charge on any atom is 0.165 e. The number of Topliss-reactive ketones (excluding diaryl/α,β-unsaturated/α-hetero) is 1. The third kappa shape index (κ3) is 2.22. The molecule has 0 heterocycles. The Balaban J connectivity index is 1.99. The van der Waals surface area contributed by atoms with Gasteiger partial charge in [0.1, 0.15) is 0 Å². The van der Waals surface area contributed by atoms with E-state index in [4.69, 9.17) is 0 Å². The summed E-state index contributed by atoms with van der Waals surface area (Å²) in [5.74, 6) is 1.33. The molecular weight excluding hydrogens is 172 g/mol. The highest BCUT2D eigenvalue weighted by Gasteiger charge is 2.26. The molecule has 1 aromatic rings. The van der Waals surface area contributed by atoms with Crippen molar-refractivity contribution in [2.45, 2.75) is 26.2 Å². The molecule has 0 amide bonds. The second kappa shape index (κ2) is 3.95. The lowest BCUT2D eigenvalue weighted by Gasteiger charge is -2.08. The van der Waals surface area contributed by atoms with Gasteiger partial charge in [0, 0.05) is 11.5 Å². The summed E-state index contributed by atoms with van der Waals surface area (Å²) in [5, 5.41) is 0. The zero-order valence-electron chi connectivity index (χ0n) is 8.57. The maximum atomic E-state index is 11.9. The van der Waals surface area contributed by atoms with Crippen LogP contribution in [-0.2, 0) is 0 Å². The molecule has 1 aliphatic carbocycles. The topological polar surface area (TPSA) is 17.1 Å². The standard InChI is InChI=1S/C13H16O/c1-10(9-11-7-8-11)13(14)12-5-3-2-4-6-12/h2-6,10-11H,7-9H2,1H3. The van der Waals surface area contributed by atoms with Gasteiger partial charge in [0.05, 0.1) is 0 Å². The van der Waals surface area contributed by atoms with E-state index in [0.717, 1.165) is 17.9 Å². The van der Waals surface area contributed by atoms with E-state index in [2.05, 4.69) is 0 Å². The molecule has 1 nitrogen and oxygen atoms in total. The van der Waals surface area contributed by atoms with E-state index in [9.17, 15) is 4.79 Å². The fourth-order valence-electron chi connectivity index (χ4n) is 1.85. The zero-order chi connectivity index (χ0) is 9.97. The van der Waals surface area contributed by atoms with Crippen LogP contribution in [0.4, 0.5) is 0 Å². The molecule has 1 aliphatic rings. The average Bonchev–Trinajstić information content (AvgIpc) is 3.02. The highest BCUT2D eigenvalue weighted by atomic mass is 16.1. The van der Waals surface area contributed by atoms with Crippen LogP contribution in [0.2, 0.25) is 0 Å². The summed E-state index contributed by atoms with van der Waals surface area (Å²) in [6.45, 7) is 2.05. The van der Waals surface area contributed by atoms with Crippen molar-refractivity contribution in [1.82, 2.24) is 0 Å². The molecule has 1 unspecified atom stereocenters. The van der Waals surface area contributed by atoms with Gasteiger partial charge in [-0.15, -0.1) is 0 Å². The van der Waals surface area contributed by atoms with Gasteiger partial charge in [0.15, 0.2) is 5.78 Å². The van der Waals surface area contributed by atoms with Crippen LogP contribution in [0.3, 0.4) is 0 Å². The van der Waals surface area contributed by atoms with Gasteiger partial charge < -0.3 is 0 Å². The van der Waals surface area contributed by atoms with Crippen molar-refractivity contribution in [3.63, 3.8) is 0 Å². The summed E-state index contributed by atoms with van der Waals surface area (Å²) < 4.78 is 0. The molecule has 0 saturated heterocycles. The van der Waals surface area contributed by atoms with Crippen LogP contribution in [0, 0.1) is 11.8 Å². The predicted octanol–water partition coefficient (Wildman–Crippen LogP) is 3.31. The molecule has 1 aromatic carbocycles. The first-order valence-electron chi connectivity index (χ1n) is 5.36. The van der Waals surface area contributed by atoms with Crippen molar-refractivity contribution in [3.8, 4) is 0 Å². The molecule has 0 aromatic heterocycles. The molecule has 74 valence electrons. The maximum absolute atomic E-state index is 11.9. The van der Waals surface area contributed by atoms with Gasteiger partial charge in [-0.1, -0.05) is 50.1 Å². The minimum atomic E-state index is 0.199. The second-order valence-electron chi connectivity index (χ2n) is 4.31. The van der Waals surface area contributed by atoms with Gasteiger partial charge in [0.2, 0.25) is 0 Å². The van der Waals surface area contributed by atoms with Crippen LogP contribution in [-0.4, -0.2) is 5.78 Å². The number of hydrogen-bond acceptors (Lipinski definition) is 1. The fourth-order valence-corrected chi connectivity index (χ4v) is 1.85. The summed E-state index contributed by atoms with van der Waals surface area (Å²) in [7, 11) is 0. The van der Waals surface area contributed by atoms with E-state index in [1.54, 1.807) is 0 Å². The SMILES string of the molecule is CC(CC1CC1)C(=O)c1ccccc1. The third-order valence-corrected chi connectivity index (χ3v) is 2.89. The van der Waals surface area contributed by atoms with Crippen LogP contribution in [0.15, 0.2) is 30.3 Å². The molecule has 0 aliphatic heterocycles. The summed E-state index contributed by atoms with van der Waals surface area (Å²) in [6.07, 6.45) is 3.73. The van der Waals surface area contributed by atoms with Gasteiger partial charge >= 0.3 is 0 Å². The second-order valence-corrected chi connectivity index (χ2v) is 4.31. The fraction of sp³-hybridized carbons (Fsp3) is 0.462.